The minimum absolute atomic E-state index is 0.540. The summed E-state index contributed by atoms with van der Waals surface area (Å²) in [6.07, 6.45) is 2.55. The highest BCUT2D eigenvalue weighted by atomic mass is 35.5. The second-order valence-electron chi connectivity index (χ2n) is 5.62. The van der Waals surface area contributed by atoms with Crippen molar-refractivity contribution in [3.8, 4) is 0 Å². The second kappa shape index (κ2) is 6.60. The Kier molecular flexibility index (Phi) is 5.08. The molecule has 1 heterocycles. The molecular weight excluding hydrogens is 258 g/mol. The van der Waals surface area contributed by atoms with Crippen LogP contribution in [0.5, 0.6) is 0 Å². The third kappa shape index (κ3) is 3.85. The van der Waals surface area contributed by atoms with Gasteiger partial charge in [-0.3, -0.25) is 0 Å². The fourth-order valence-corrected chi connectivity index (χ4v) is 3.06. The first kappa shape index (κ1) is 14.6. The van der Waals surface area contributed by atoms with Gasteiger partial charge in [-0.15, -0.1) is 0 Å². The topological polar surface area (TPSA) is 32.5 Å². The Morgan fingerprint density at radius 3 is 2.63 bits per heavy atom. The third-order valence-electron chi connectivity index (χ3n) is 4.03. The number of nitrogens with two attached hydrogens (primary N) is 1. The highest BCUT2D eigenvalue weighted by molar-refractivity contribution is 6.33. The van der Waals surface area contributed by atoms with Crippen LogP contribution in [0.3, 0.4) is 0 Å². The Balaban J connectivity index is 1.97. The van der Waals surface area contributed by atoms with Crippen LogP contribution in [0.15, 0.2) is 18.2 Å². The lowest BCUT2D eigenvalue weighted by atomic mass is 9.96. The Morgan fingerprint density at radius 2 is 2.05 bits per heavy atom. The zero-order valence-electron chi connectivity index (χ0n) is 11.9. The first-order chi connectivity index (χ1) is 9.10. The van der Waals surface area contributed by atoms with Crippen molar-refractivity contribution in [2.45, 2.75) is 19.4 Å². The van der Waals surface area contributed by atoms with E-state index in [2.05, 4.69) is 36.0 Å². The maximum absolute atomic E-state index is 6.34. The lowest BCUT2D eigenvalue weighted by Crippen LogP contribution is -2.35. The van der Waals surface area contributed by atoms with Gasteiger partial charge in [0.25, 0.3) is 0 Å². The molecule has 106 valence electrons. The molecule has 0 spiro atoms. The molecule has 0 amide bonds. The predicted octanol–water partition coefficient (Wildman–Crippen LogP) is 2.58. The maximum atomic E-state index is 6.34. The summed E-state index contributed by atoms with van der Waals surface area (Å²) < 4.78 is 0. The Hall–Kier alpha value is -0.770. The van der Waals surface area contributed by atoms with E-state index in [0.717, 1.165) is 28.7 Å². The number of rotatable bonds is 4. The van der Waals surface area contributed by atoms with Crippen molar-refractivity contribution >= 4 is 17.3 Å². The molecule has 0 radical (unpaired) electrons. The molecule has 0 aromatic heterocycles. The lowest BCUT2D eigenvalue weighted by Gasteiger charge is -2.32. The van der Waals surface area contributed by atoms with Gasteiger partial charge in [-0.05, 0) is 56.6 Å². The summed E-state index contributed by atoms with van der Waals surface area (Å²) in [4.78, 5) is 4.68. The van der Waals surface area contributed by atoms with E-state index < -0.39 is 0 Å². The fourth-order valence-electron chi connectivity index (χ4n) is 2.72. The van der Waals surface area contributed by atoms with Gasteiger partial charge in [0, 0.05) is 20.1 Å². The predicted molar refractivity (Wildman–Crippen MR) is 82.8 cm³/mol. The van der Waals surface area contributed by atoms with Gasteiger partial charge in [0.15, 0.2) is 0 Å². The van der Waals surface area contributed by atoms with E-state index in [9.17, 15) is 0 Å². The summed E-state index contributed by atoms with van der Waals surface area (Å²) in [6.45, 7) is 4.03. The van der Waals surface area contributed by atoms with E-state index in [-0.39, 0.29) is 0 Å². The molecule has 1 saturated heterocycles. The first-order valence-corrected chi connectivity index (χ1v) is 7.36. The third-order valence-corrected chi connectivity index (χ3v) is 4.33. The first-order valence-electron chi connectivity index (χ1n) is 6.98. The van der Waals surface area contributed by atoms with Gasteiger partial charge in [0.05, 0.1) is 10.7 Å². The quantitative estimate of drug-likeness (QED) is 0.921. The van der Waals surface area contributed by atoms with Crippen molar-refractivity contribution in [3.63, 3.8) is 0 Å². The normalized spacial score (nSPS) is 17.7. The molecule has 4 heteroatoms. The van der Waals surface area contributed by atoms with Gasteiger partial charge in [0.1, 0.15) is 0 Å². The zero-order chi connectivity index (χ0) is 13.8. The molecule has 19 heavy (non-hydrogen) atoms. The van der Waals surface area contributed by atoms with E-state index in [1.54, 1.807) is 0 Å². The summed E-state index contributed by atoms with van der Waals surface area (Å²) >= 11 is 6.34. The molecule has 3 nitrogen and oxygen atoms in total. The van der Waals surface area contributed by atoms with Crippen LogP contribution in [0, 0.1) is 5.92 Å². The minimum atomic E-state index is 0.540. The van der Waals surface area contributed by atoms with Crippen molar-refractivity contribution in [2.24, 2.45) is 11.7 Å². The van der Waals surface area contributed by atoms with Crippen molar-refractivity contribution in [2.75, 3.05) is 38.6 Å². The van der Waals surface area contributed by atoms with Gasteiger partial charge in [-0.1, -0.05) is 17.7 Å². The van der Waals surface area contributed by atoms with Gasteiger partial charge in [-0.25, -0.2) is 0 Å². The smallest absolute Gasteiger partial charge is 0.0642 e. The van der Waals surface area contributed by atoms with Crippen molar-refractivity contribution in [1.29, 1.82) is 0 Å². The zero-order valence-corrected chi connectivity index (χ0v) is 12.7. The number of piperidine rings is 1. The van der Waals surface area contributed by atoms with Gasteiger partial charge in [0.2, 0.25) is 0 Å². The number of nitrogens with zero attached hydrogens (tertiary/aromatic N) is 2. The molecule has 1 aromatic rings. The van der Waals surface area contributed by atoms with E-state index in [1.807, 2.05) is 6.07 Å². The number of likely N-dealkylation sites (tertiary alicyclic amines) is 1. The number of hydrogen-bond acceptors (Lipinski definition) is 3. The number of halogens is 1. The van der Waals surface area contributed by atoms with Gasteiger partial charge >= 0.3 is 0 Å². The molecular formula is C15H24ClN3. The van der Waals surface area contributed by atoms with Crippen LogP contribution in [0.25, 0.3) is 0 Å². The second-order valence-corrected chi connectivity index (χ2v) is 6.02. The van der Waals surface area contributed by atoms with Crippen LogP contribution < -0.4 is 10.6 Å². The molecule has 0 saturated carbocycles. The fraction of sp³-hybridized carbons (Fsp3) is 0.600. The molecule has 0 aliphatic carbocycles. The highest BCUT2D eigenvalue weighted by Crippen LogP contribution is 2.28. The lowest BCUT2D eigenvalue weighted by molar-refractivity contribution is 0.222. The largest absolute Gasteiger partial charge is 0.373 e. The van der Waals surface area contributed by atoms with Crippen LogP contribution in [-0.4, -0.2) is 38.6 Å². The van der Waals surface area contributed by atoms with Crippen LogP contribution in [0.4, 0.5) is 5.69 Å². The SMILES string of the molecule is CN1CCC(CN(C)c2ccc(CN)cc2Cl)CC1. The van der Waals surface area contributed by atoms with Crippen LogP contribution in [0.2, 0.25) is 5.02 Å². The number of benzene rings is 1. The molecule has 0 atom stereocenters. The summed E-state index contributed by atoms with van der Waals surface area (Å²) in [5.74, 6) is 0.770. The molecule has 0 bridgehead atoms. The summed E-state index contributed by atoms with van der Waals surface area (Å²) in [6, 6.07) is 6.12. The monoisotopic (exact) mass is 281 g/mol. The summed E-state index contributed by atoms with van der Waals surface area (Å²) in [5, 5.41) is 0.804. The Labute approximate surface area is 121 Å². The van der Waals surface area contributed by atoms with E-state index in [4.69, 9.17) is 17.3 Å². The Bertz CT molecular complexity index is 414. The average molecular weight is 282 g/mol. The van der Waals surface area contributed by atoms with Gasteiger partial charge in [-0.2, -0.15) is 0 Å². The van der Waals surface area contributed by atoms with Crippen molar-refractivity contribution < 1.29 is 0 Å². The molecule has 1 aromatic carbocycles. The molecule has 1 aliphatic heterocycles. The number of hydrogen-bond donors (Lipinski definition) is 1. The molecule has 0 unspecified atom stereocenters. The summed E-state index contributed by atoms with van der Waals surface area (Å²) in [7, 11) is 4.32. The average Bonchev–Trinajstić information content (AvgIpc) is 2.41. The molecule has 1 aliphatic rings. The molecule has 2 rings (SSSR count). The minimum Gasteiger partial charge on any atom is -0.373 e. The molecule has 1 fully saturated rings. The highest BCUT2D eigenvalue weighted by Gasteiger charge is 2.19. The maximum Gasteiger partial charge on any atom is 0.0642 e. The number of anilines is 1. The standard InChI is InChI=1S/C15H24ClN3/c1-18-7-5-12(6-8-18)11-19(2)15-4-3-13(10-17)9-14(15)16/h3-4,9,12H,5-8,10-11,17H2,1-2H3. The Morgan fingerprint density at radius 1 is 1.37 bits per heavy atom. The van der Waals surface area contributed by atoms with Crippen molar-refractivity contribution in [3.05, 3.63) is 28.8 Å². The van der Waals surface area contributed by atoms with Gasteiger partial charge < -0.3 is 15.5 Å². The van der Waals surface area contributed by atoms with Crippen LogP contribution in [-0.2, 0) is 6.54 Å². The summed E-state index contributed by atoms with van der Waals surface area (Å²) in [5.41, 5.74) is 7.82. The van der Waals surface area contributed by atoms with Crippen molar-refractivity contribution in [1.82, 2.24) is 4.90 Å². The van der Waals surface area contributed by atoms with E-state index in [0.29, 0.717) is 6.54 Å². The van der Waals surface area contributed by atoms with Crippen LogP contribution >= 0.6 is 11.6 Å². The molecule has 2 N–H and O–H groups in total. The van der Waals surface area contributed by atoms with Crippen LogP contribution in [0.1, 0.15) is 18.4 Å². The van der Waals surface area contributed by atoms with E-state index in [1.165, 1.54) is 25.9 Å². The van der Waals surface area contributed by atoms with E-state index >= 15 is 0 Å².